The molecule has 1 heterocycles. The molecule has 2 aromatic carbocycles. The lowest BCUT2D eigenvalue weighted by molar-refractivity contribution is -0.133. The molecule has 0 saturated carbocycles. The summed E-state index contributed by atoms with van der Waals surface area (Å²) in [6, 6.07) is 13.5. The van der Waals surface area contributed by atoms with Crippen LogP contribution in [0, 0.1) is 0 Å². The molecule has 6 nitrogen and oxygen atoms in total. The Morgan fingerprint density at radius 2 is 1.62 bits per heavy atom. The highest BCUT2D eigenvalue weighted by Gasteiger charge is 2.48. The SMILES string of the molecule is COC(=O)C1=NN(C(=O)c2ccc(Br)cc2)[C@@](O)(c2ccc(Br)cc2)C1. The van der Waals surface area contributed by atoms with Crippen molar-refractivity contribution in [3.8, 4) is 0 Å². The van der Waals surface area contributed by atoms with Gasteiger partial charge in [-0.2, -0.15) is 10.1 Å². The molecule has 1 atom stereocenters. The third-order valence-corrected chi connectivity index (χ3v) is 5.05. The van der Waals surface area contributed by atoms with Gasteiger partial charge in [0.1, 0.15) is 0 Å². The largest absolute Gasteiger partial charge is 0.464 e. The van der Waals surface area contributed by atoms with Crippen LogP contribution < -0.4 is 0 Å². The molecule has 0 bridgehead atoms. The summed E-state index contributed by atoms with van der Waals surface area (Å²) in [7, 11) is 1.22. The third kappa shape index (κ3) is 3.44. The minimum absolute atomic E-state index is 0.0246. The first-order valence-electron chi connectivity index (χ1n) is 7.59. The molecule has 0 aliphatic carbocycles. The Kier molecular flexibility index (Phi) is 5.27. The van der Waals surface area contributed by atoms with Crippen molar-refractivity contribution in [2.75, 3.05) is 7.11 Å². The van der Waals surface area contributed by atoms with Crippen molar-refractivity contribution in [1.29, 1.82) is 0 Å². The smallest absolute Gasteiger partial charge is 0.354 e. The Morgan fingerprint density at radius 1 is 1.08 bits per heavy atom. The number of hydrogen-bond donors (Lipinski definition) is 1. The van der Waals surface area contributed by atoms with E-state index in [0.29, 0.717) is 11.1 Å². The fourth-order valence-electron chi connectivity index (χ4n) is 2.65. The summed E-state index contributed by atoms with van der Waals surface area (Å²) >= 11 is 6.65. The first-order chi connectivity index (χ1) is 12.3. The fourth-order valence-corrected chi connectivity index (χ4v) is 3.18. The number of hydrazone groups is 1. The zero-order valence-corrected chi connectivity index (χ0v) is 16.8. The molecule has 0 saturated heterocycles. The van der Waals surface area contributed by atoms with Crippen LogP contribution in [0.4, 0.5) is 0 Å². The van der Waals surface area contributed by atoms with Crippen LogP contribution in [0.2, 0.25) is 0 Å². The highest BCUT2D eigenvalue weighted by Crippen LogP contribution is 2.37. The highest BCUT2D eigenvalue weighted by atomic mass is 79.9. The second-order valence-corrected chi connectivity index (χ2v) is 7.49. The van der Waals surface area contributed by atoms with Crippen molar-refractivity contribution < 1.29 is 19.4 Å². The lowest BCUT2D eigenvalue weighted by Crippen LogP contribution is -2.43. The number of methoxy groups -OCH3 is 1. The summed E-state index contributed by atoms with van der Waals surface area (Å²) < 4.78 is 6.34. The number of ether oxygens (including phenoxy) is 1. The summed E-state index contributed by atoms with van der Waals surface area (Å²) in [5, 5.41) is 16.3. The second kappa shape index (κ2) is 7.30. The van der Waals surface area contributed by atoms with E-state index < -0.39 is 17.6 Å². The van der Waals surface area contributed by atoms with E-state index in [-0.39, 0.29) is 12.1 Å². The first-order valence-corrected chi connectivity index (χ1v) is 9.18. The molecule has 3 rings (SSSR count). The Morgan fingerprint density at radius 3 is 2.15 bits per heavy atom. The van der Waals surface area contributed by atoms with Gasteiger partial charge < -0.3 is 9.84 Å². The van der Waals surface area contributed by atoms with Gasteiger partial charge in [0.05, 0.1) is 13.5 Å². The van der Waals surface area contributed by atoms with Gasteiger partial charge in [0, 0.05) is 20.1 Å². The van der Waals surface area contributed by atoms with Gasteiger partial charge in [-0.05, 0) is 36.4 Å². The molecule has 1 amide bonds. The van der Waals surface area contributed by atoms with Crippen molar-refractivity contribution in [2.45, 2.75) is 12.1 Å². The van der Waals surface area contributed by atoms with Gasteiger partial charge in [0.15, 0.2) is 11.4 Å². The molecule has 134 valence electrons. The quantitative estimate of drug-likeness (QED) is 0.681. The highest BCUT2D eigenvalue weighted by molar-refractivity contribution is 9.10. The van der Waals surface area contributed by atoms with Gasteiger partial charge in [-0.3, -0.25) is 4.79 Å². The van der Waals surface area contributed by atoms with E-state index >= 15 is 0 Å². The van der Waals surface area contributed by atoms with Crippen LogP contribution in [0.5, 0.6) is 0 Å². The summed E-state index contributed by atoms with van der Waals surface area (Å²) in [4.78, 5) is 24.9. The molecule has 0 radical (unpaired) electrons. The van der Waals surface area contributed by atoms with Crippen molar-refractivity contribution in [3.05, 3.63) is 68.6 Å². The van der Waals surface area contributed by atoms with E-state index in [1.165, 1.54) is 7.11 Å². The average Bonchev–Trinajstić information content (AvgIpc) is 3.00. The van der Waals surface area contributed by atoms with Crippen LogP contribution >= 0.6 is 31.9 Å². The number of benzene rings is 2. The molecule has 1 N–H and O–H groups in total. The molecule has 1 aliphatic heterocycles. The monoisotopic (exact) mass is 480 g/mol. The second-order valence-electron chi connectivity index (χ2n) is 5.66. The molecule has 0 aromatic heterocycles. The number of rotatable bonds is 3. The zero-order chi connectivity index (χ0) is 18.9. The van der Waals surface area contributed by atoms with Crippen LogP contribution in [0.15, 0.2) is 62.6 Å². The lowest BCUT2D eigenvalue weighted by Gasteiger charge is -2.31. The maximum Gasteiger partial charge on any atom is 0.354 e. The maximum atomic E-state index is 13.0. The predicted molar refractivity (Wildman–Crippen MR) is 102 cm³/mol. The Labute approximate surface area is 166 Å². The van der Waals surface area contributed by atoms with E-state index in [4.69, 9.17) is 4.74 Å². The molecule has 8 heteroatoms. The topological polar surface area (TPSA) is 79.2 Å². The van der Waals surface area contributed by atoms with Gasteiger partial charge in [-0.1, -0.05) is 44.0 Å². The first kappa shape index (κ1) is 18.8. The number of hydrogen-bond acceptors (Lipinski definition) is 5. The van der Waals surface area contributed by atoms with E-state index in [0.717, 1.165) is 14.0 Å². The minimum atomic E-state index is -1.78. The van der Waals surface area contributed by atoms with Crippen LogP contribution in [0.3, 0.4) is 0 Å². The molecule has 1 aliphatic rings. The minimum Gasteiger partial charge on any atom is -0.464 e. The van der Waals surface area contributed by atoms with Gasteiger partial charge in [-0.15, -0.1) is 0 Å². The average molecular weight is 482 g/mol. The number of carbonyl (C=O) groups is 2. The normalized spacial score (nSPS) is 19.2. The van der Waals surface area contributed by atoms with E-state index in [9.17, 15) is 14.7 Å². The number of carbonyl (C=O) groups excluding carboxylic acids is 2. The maximum absolute atomic E-state index is 13.0. The van der Waals surface area contributed by atoms with Gasteiger partial charge in [0.25, 0.3) is 5.91 Å². The molecular formula is C18H14Br2N2O4. The van der Waals surface area contributed by atoms with Crippen LogP contribution in [-0.4, -0.2) is 34.8 Å². The van der Waals surface area contributed by atoms with Gasteiger partial charge in [0.2, 0.25) is 0 Å². The number of halogens is 2. The summed E-state index contributed by atoms with van der Waals surface area (Å²) in [6.07, 6.45) is -0.163. The fraction of sp³-hybridized carbons (Fsp3) is 0.167. The molecule has 0 fully saturated rings. The van der Waals surface area contributed by atoms with Gasteiger partial charge in [-0.25, -0.2) is 4.79 Å². The van der Waals surface area contributed by atoms with E-state index in [2.05, 4.69) is 37.0 Å². The molecule has 2 aromatic rings. The molecule has 0 unspecified atom stereocenters. The number of aliphatic hydroxyl groups is 1. The Balaban J connectivity index is 2.05. The summed E-state index contributed by atoms with van der Waals surface area (Å²) in [5.74, 6) is -1.21. The van der Waals surface area contributed by atoms with Crippen LogP contribution in [0.1, 0.15) is 22.3 Å². The van der Waals surface area contributed by atoms with E-state index in [1.54, 1.807) is 48.5 Å². The van der Waals surface area contributed by atoms with Crippen LogP contribution in [0.25, 0.3) is 0 Å². The molecule has 0 spiro atoms. The Bertz CT molecular complexity index is 881. The van der Waals surface area contributed by atoms with Crippen LogP contribution in [-0.2, 0) is 15.3 Å². The summed E-state index contributed by atoms with van der Waals surface area (Å²) in [6.45, 7) is 0. The Hall–Kier alpha value is -2.03. The van der Waals surface area contributed by atoms with Crippen molar-refractivity contribution in [1.82, 2.24) is 5.01 Å². The van der Waals surface area contributed by atoms with E-state index in [1.807, 2.05) is 0 Å². The summed E-state index contributed by atoms with van der Waals surface area (Å²) in [5.41, 5.74) is -1.04. The number of esters is 1. The standard InChI is InChI=1S/C18H14Br2N2O4/c1-26-17(24)15-10-18(25,12-4-8-14(20)9-5-12)22(21-15)16(23)11-2-6-13(19)7-3-11/h2-9,25H,10H2,1H3/t18-/m0/s1. The van der Waals surface area contributed by atoms with Crippen molar-refractivity contribution in [2.24, 2.45) is 5.10 Å². The van der Waals surface area contributed by atoms with Gasteiger partial charge >= 0.3 is 5.97 Å². The number of nitrogens with zero attached hydrogens (tertiary/aromatic N) is 2. The molecule has 26 heavy (non-hydrogen) atoms. The zero-order valence-electron chi connectivity index (χ0n) is 13.6. The number of amides is 1. The van der Waals surface area contributed by atoms with Crippen molar-refractivity contribution in [3.63, 3.8) is 0 Å². The molecular weight excluding hydrogens is 468 g/mol. The third-order valence-electron chi connectivity index (χ3n) is 4.00. The van der Waals surface area contributed by atoms with Crippen molar-refractivity contribution >= 4 is 49.4 Å². The predicted octanol–water partition coefficient (Wildman–Crippen LogP) is 3.43. The lowest BCUT2D eigenvalue weighted by atomic mass is 9.97.